The SMILES string of the molecule is Cc1ccc(CN2C(=O)N(c3ccc(C#N)c(C[n+]4ccc(CN5C(=O)N(c6ccc(C#N)c(C)c6C)C(=O)C56CCCC6)cc4)c3C)C(=O)C23CCCC3)cn1. The number of anilines is 2. The zero-order valence-electron chi connectivity index (χ0n) is 32.8. The van der Waals surface area contributed by atoms with Crippen LogP contribution in [0.5, 0.6) is 0 Å². The van der Waals surface area contributed by atoms with Crippen LogP contribution in [-0.2, 0) is 29.2 Å². The van der Waals surface area contributed by atoms with E-state index in [9.17, 15) is 29.7 Å². The average molecular weight is 762 g/mol. The highest BCUT2D eigenvalue weighted by Gasteiger charge is 2.60. The summed E-state index contributed by atoms with van der Waals surface area (Å²) >= 11 is 0. The second-order valence-electron chi connectivity index (χ2n) is 16.0. The number of nitrogens with zero attached hydrogens (tertiary/aromatic N) is 8. The molecule has 8 rings (SSSR count). The highest BCUT2D eigenvalue weighted by molar-refractivity contribution is 6.24. The number of hydrogen-bond acceptors (Lipinski definition) is 7. The molecule has 57 heavy (non-hydrogen) atoms. The minimum Gasteiger partial charge on any atom is -0.305 e. The molecule has 0 bridgehead atoms. The average Bonchev–Trinajstić information content (AvgIpc) is 3.99. The van der Waals surface area contributed by atoms with E-state index < -0.39 is 11.1 Å². The van der Waals surface area contributed by atoms with E-state index in [0.717, 1.165) is 53.6 Å². The Kier molecular flexibility index (Phi) is 9.39. The fraction of sp³-hybridized carbons (Fsp3) is 0.378. The number of carbonyl (C=O) groups excluding carboxylic acids is 4. The monoisotopic (exact) mass is 761 g/mol. The van der Waals surface area contributed by atoms with Gasteiger partial charge in [-0.05, 0) is 112 Å². The van der Waals surface area contributed by atoms with Crippen molar-refractivity contribution in [3.63, 3.8) is 0 Å². The molecule has 0 radical (unpaired) electrons. The zero-order valence-corrected chi connectivity index (χ0v) is 32.8. The van der Waals surface area contributed by atoms with Crippen molar-refractivity contribution in [1.29, 1.82) is 10.5 Å². The number of nitriles is 2. The number of urea groups is 2. The molecule has 4 fully saturated rings. The molecule has 2 saturated heterocycles. The third-order valence-electron chi connectivity index (χ3n) is 12.9. The van der Waals surface area contributed by atoms with Crippen LogP contribution in [0.15, 0.2) is 67.1 Å². The number of pyridine rings is 2. The van der Waals surface area contributed by atoms with Gasteiger partial charge in [0.25, 0.3) is 11.8 Å². The molecule has 0 atom stereocenters. The molecule has 288 valence electrons. The second kappa shape index (κ2) is 14.3. The van der Waals surface area contributed by atoms with Crippen molar-refractivity contribution in [1.82, 2.24) is 14.8 Å². The highest BCUT2D eigenvalue weighted by atomic mass is 16.2. The predicted octanol–water partition coefficient (Wildman–Crippen LogP) is 6.96. The van der Waals surface area contributed by atoms with Gasteiger partial charge in [-0.25, -0.2) is 24.0 Å². The Hall–Kier alpha value is -6.40. The van der Waals surface area contributed by atoms with E-state index in [1.165, 1.54) is 9.80 Å². The lowest BCUT2D eigenvalue weighted by Crippen LogP contribution is -2.47. The van der Waals surface area contributed by atoms with Gasteiger partial charge in [0.15, 0.2) is 18.9 Å². The van der Waals surface area contributed by atoms with Crippen LogP contribution in [0.3, 0.4) is 0 Å². The first kappa shape index (κ1) is 37.5. The molecule has 2 spiro atoms. The molecule has 2 aromatic carbocycles. The molecule has 2 aliphatic heterocycles. The maximum atomic E-state index is 14.4. The fourth-order valence-corrected chi connectivity index (χ4v) is 9.48. The maximum absolute atomic E-state index is 14.4. The molecule has 0 unspecified atom stereocenters. The molecule has 0 N–H and O–H groups in total. The summed E-state index contributed by atoms with van der Waals surface area (Å²) in [5.74, 6) is -0.439. The minimum atomic E-state index is -0.926. The van der Waals surface area contributed by atoms with Crippen molar-refractivity contribution in [2.24, 2.45) is 0 Å². The Labute approximate surface area is 332 Å². The van der Waals surface area contributed by atoms with Gasteiger partial charge in [0.1, 0.15) is 11.1 Å². The van der Waals surface area contributed by atoms with Gasteiger partial charge in [0.05, 0.1) is 41.2 Å². The molecule has 6 amide bonds. The third-order valence-corrected chi connectivity index (χ3v) is 12.9. The minimum absolute atomic E-state index is 0.216. The number of amides is 6. The van der Waals surface area contributed by atoms with E-state index >= 15 is 0 Å². The number of carbonyl (C=O) groups is 4. The Morgan fingerprint density at radius 1 is 0.632 bits per heavy atom. The Morgan fingerprint density at radius 3 is 1.65 bits per heavy atom. The first-order valence-electron chi connectivity index (χ1n) is 19.7. The van der Waals surface area contributed by atoms with Crippen molar-refractivity contribution in [2.75, 3.05) is 9.80 Å². The molecule has 12 heteroatoms. The topological polar surface area (TPSA) is 146 Å². The lowest BCUT2D eigenvalue weighted by Gasteiger charge is -2.31. The van der Waals surface area contributed by atoms with Crippen molar-refractivity contribution in [2.45, 2.75) is 110 Å². The molecule has 12 nitrogen and oxygen atoms in total. The van der Waals surface area contributed by atoms with Gasteiger partial charge in [-0.1, -0.05) is 31.7 Å². The summed E-state index contributed by atoms with van der Waals surface area (Å²) < 4.78 is 1.93. The lowest BCUT2D eigenvalue weighted by molar-refractivity contribution is -0.688. The number of imide groups is 2. The summed E-state index contributed by atoms with van der Waals surface area (Å²) in [6.45, 7) is 8.26. The molecule has 2 aromatic heterocycles. The van der Waals surface area contributed by atoms with Crippen LogP contribution >= 0.6 is 0 Å². The molecular formula is C45H45N8O4+. The number of aromatic nitrogens is 2. The Bertz CT molecular complexity index is 2420. The van der Waals surface area contributed by atoms with Gasteiger partial charge in [-0.3, -0.25) is 14.6 Å². The summed E-state index contributed by atoms with van der Waals surface area (Å²) in [6.07, 6.45) is 11.3. The lowest BCUT2D eigenvalue weighted by atomic mass is 9.94. The molecule has 4 aromatic rings. The summed E-state index contributed by atoms with van der Waals surface area (Å²) in [6, 6.07) is 18.2. The van der Waals surface area contributed by atoms with Crippen molar-refractivity contribution in [3.05, 3.63) is 117 Å². The van der Waals surface area contributed by atoms with Crippen LogP contribution in [0, 0.1) is 50.4 Å². The number of benzene rings is 2. The molecular weight excluding hydrogens is 717 g/mol. The number of rotatable bonds is 8. The van der Waals surface area contributed by atoms with Crippen LogP contribution in [0.2, 0.25) is 0 Å². The molecule has 2 saturated carbocycles. The van der Waals surface area contributed by atoms with Crippen LogP contribution in [0.25, 0.3) is 0 Å². The molecule has 4 aliphatic rings. The third kappa shape index (κ3) is 5.94. The van der Waals surface area contributed by atoms with E-state index in [2.05, 4.69) is 17.1 Å². The standard InChI is InChI=1S/C45H45N8O4/c1-29-9-10-34(25-48-29)27-51-43(57)53(41(55)45(51)19-7-8-20-45)39-14-12-36(24-47)37(32(39)4)28-49-21-15-33(16-22-49)26-50-42(56)52(40(54)44(50)17-5-6-18-44)38-13-11-35(23-46)30(2)31(38)3/h9-16,21-22,25H,5-8,17-20,26-28H2,1-4H3/q+1. The van der Waals surface area contributed by atoms with Gasteiger partial charge in [-0.2, -0.15) is 10.5 Å². The van der Waals surface area contributed by atoms with Gasteiger partial charge < -0.3 is 9.80 Å². The summed E-state index contributed by atoms with van der Waals surface area (Å²) in [5, 5.41) is 19.7. The molecule has 4 heterocycles. The summed E-state index contributed by atoms with van der Waals surface area (Å²) in [4.78, 5) is 67.5. The summed E-state index contributed by atoms with van der Waals surface area (Å²) in [7, 11) is 0. The van der Waals surface area contributed by atoms with E-state index in [4.69, 9.17) is 0 Å². The number of hydrogen-bond donors (Lipinski definition) is 0. The largest absolute Gasteiger partial charge is 0.332 e. The van der Waals surface area contributed by atoms with Gasteiger partial charge in [0, 0.05) is 36.1 Å². The van der Waals surface area contributed by atoms with Gasteiger partial charge in [0.2, 0.25) is 0 Å². The van der Waals surface area contributed by atoms with Crippen LogP contribution in [0.1, 0.15) is 102 Å². The highest BCUT2D eigenvalue weighted by Crippen LogP contribution is 2.46. The van der Waals surface area contributed by atoms with Gasteiger partial charge in [-0.15, -0.1) is 0 Å². The Morgan fingerprint density at radius 2 is 1.14 bits per heavy atom. The van der Waals surface area contributed by atoms with Crippen LogP contribution in [-0.4, -0.2) is 49.7 Å². The van der Waals surface area contributed by atoms with Crippen molar-refractivity contribution < 1.29 is 23.7 Å². The van der Waals surface area contributed by atoms with Gasteiger partial charge >= 0.3 is 12.1 Å². The molecule has 2 aliphatic carbocycles. The number of aryl methyl sites for hydroxylation is 1. The fourth-order valence-electron chi connectivity index (χ4n) is 9.48. The quantitative estimate of drug-likeness (QED) is 0.139. The van der Waals surface area contributed by atoms with E-state index in [1.54, 1.807) is 40.3 Å². The normalized spacial score (nSPS) is 18.4. The maximum Gasteiger partial charge on any atom is 0.332 e. The Balaban J connectivity index is 1.06. The first-order valence-corrected chi connectivity index (χ1v) is 19.7. The first-order chi connectivity index (χ1) is 27.4. The van der Waals surface area contributed by atoms with E-state index in [-0.39, 0.29) is 37.0 Å². The van der Waals surface area contributed by atoms with Crippen LogP contribution < -0.4 is 14.4 Å². The van der Waals surface area contributed by atoms with E-state index in [1.807, 2.05) is 68.9 Å². The van der Waals surface area contributed by atoms with E-state index in [0.29, 0.717) is 65.9 Å². The zero-order chi connectivity index (χ0) is 40.2. The predicted molar refractivity (Wildman–Crippen MR) is 210 cm³/mol. The van der Waals surface area contributed by atoms with Crippen molar-refractivity contribution >= 4 is 35.3 Å². The smallest absolute Gasteiger partial charge is 0.305 e. The van der Waals surface area contributed by atoms with Crippen LogP contribution in [0.4, 0.5) is 21.0 Å². The second-order valence-corrected chi connectivity index (χ2v) is 16.0. The van der Waals surface area contributed by atoms with Crippen molar-refractivity contribution in [3.8, 4) is 12.1 Å². The summed E-state index contributed by atoms with van der Waals surface area (Å²) in [5.41, 5.74) is 5.55.